The van der Waals surface area contributed by atoms with Gasteiger partial charge in [0.15, 0.2) is 0 Å². The molecule has 9 rings (SSSR count). The molecule has 302 valence electrons. The summed E-state index contributed by atoms with van der Waals surface area (Å²) in [6.45, 7) is 13.8. The molecule has 2 bridgehead atoms. The number of amides is 3. The minimum Gasteiger partial charge on any atom is -0.453 e. The molecular formula is C46H59N7O4. The van der Waals surface area contributed by atoms with Crippen molar-refractivity contribution >= 4 is 17.9 Å². The van der Waals surface area contributed by atoms with E-state index < -0.39 is 12.1 Å². The summed E-state index contributed by atoms with van der Waals surface area (Å²) in [5, 5.41) is 2.76. The fourth-order valence-corrected chi connectivity index (χ4v) is 10.3. The largest absolute Gasteiger partial charge is 0.453 e. The molecule has 0 radical (unpaired) electrons. The first-order valence-electron chi connectivity index (χ1n) is 21.2. The van der Waals surface area contributed by atoms with Crippen LogP contribution in [-0.4, -0.2) is 73.9 Å². The Labute approximate surface area is 336 Å². The van der Waals surface area contributed by atoms with Crippen molar-refractivity contribution in [2.45, 2.75) is 116 Å². The van der Waals surface area contributed by atoms with Crippen molar-refractivity contribution in [2.75, 3.05) is 20.2 Å². The molecule has 2 aliphatic heterocycles. The number of carbonyl (C=O) groups excluding carboxylic acids is 3. The number of nitrogens with one attached hydrogen (secondary N) is 3. The Morgan fingerprint density at radius 1 is 0.754 bits per heavy atom. The van der Waals surface area contributed by atoms with Gasteiger partial charge in [0.2, 0.25) is 11.8 Å². The summed E-state index contributed by atoms with van der Waals surface area (Å²) < 4.78 is 4.84. The van der Waals surface area contributed by atoms with Crippen molar-refractivity contribution in [2.24, 2.45) is 23.7 Å². The monoisotopic (exact) mass is 773 g/mol. The van der Waals surface area contributed by atoms with Crippen molar-refractivity contribution in [1.29, 1.82) is 0 Å². The van der Waals surface area contributed by atoms with Gasteiger partial charge in [0.05, 0.1) is 43.0 Å². The second-order valence-corrected chi connectivity index (χ2v) is 18.2. The molecule has 3 amide bonds. The Balaban J connectivity index is 1.06. The minimum absolute atomic E-state index is 0.0126. The van der Waals surface area contributed by atoms with E-state index in [1.807, 2.05) is 36.0 Å². The quantitative estimate of drug-likeness (QED) is 0.147. The molecule has 3 N–H and O–H groups in total. The van der Waals surface area contributed by atoms with Crippen LogP contribution in [0.2, 0.25) is 0 Å². The summed E-state index contributed by atoms with van der Waals surface area (Å²) in [4.78, 5) is 60.1. The third kappa shape index (κ3) is 7.50. The number of hydrogen-bond acceptors (Lipinski definition) is 6. The van der Waals surface area contributed by atoms with Gasteiger partial charge in [-0.15, -0.1) is 0 Å². The van der Waals surface area contributed by atoms with E-state index in [9.17, 15) is 14.4 Å². The number of fused-ring (bicyclic) bond motifs is 2. The number of aromatic amines is 2. The maximum absolute atomic E-state index is 13.9. The Bertz CT molecular complexity index is 2110. The summed E-state index contributed by atoms with van der Waals surface area (Å²) in [7, 11) is 1.32. The van der Waals surface area contributed by atoms with Gasteiger partial charge in [-0.2, -0.15) is 0 Å². The lowest BCUT2D eigenvalue weighted by atomic mass is 9.64. The second-order valence-electron chi connectivity index (χ2n) is 18.2. The first-order chi connectivity index (χ1) is 27.4. The molecule has 0 unspecified atom stereocenters. The molecule has 11 heteroatoms. The number of benzene rings is 2. The van der Waals surface area contributed by atoms with E-state index in [0.717, 1.165) is 48.0 Å². The van der Waals surface area contributed by atoms with Gasteiger partial charge in [0, 0.05) is 25.1 Å². The fourth-order valence-electron chi connectivity index (χ4n) is 10.3. The normalized spacial score (nSPS) is 24.6. The lowest BCUT2D eigenvalue weighted by Crippen LogP contribution is -2.51. The van der Waals surface area contributed by atoms with Gasteiger partial charge in [-0.25, -0.2) is 14.8 Å². The lowest BCUT2D eigenvalue weighted by Gasteiger charge is -2.41. The van der Waals surface area contributed by atoms with Crippen LogP contribution in [0.25, 0.3) is 33.6 Å². The number of imidazole rings is 2. The molecule has 2 saturated heterocycles. The summed E-state index contributed by atoms with van der Waals surface area (Å²) >= 11 is 0. The average Bonchev–Trinajstić information content (AvgIpc) is 4.03. The number of methoxy groups -OCH3 is 1. The van der Waals surface area contributed by atoms with E-state index in [2.05, 4.69) is 79.4 Å². The molecule has 2 aromatic carbocycles. The molecule has 3 aliphatic carbocycles. The number of ether oxygens (including phenoxy) is 1. The minimum atomic E-state index is -0.681. The third-order valence-corrected chi connectivity index (χ3v) is 13.0. The Hall–Kier alpha value is -4.93. The SMILES string of the molecule is COC(=O)N[C@H](C(=O)N1C[C@@H](C)C[C@H]1c1ncc(-c2ccc(-c3ccc(-c4cnc([C@@H]5C[C@H](C)CN5C(=O)CC(C)C)[nH]4)cc3)c3c2C2CCC3CC2)[nH]1)C(C)C. The number of alkyl carbamates (subject to hydrolysis) is 1. The zero-order valence-corrected chi connectivity index (χ0v) is 34.6. The standard InChI is InChI=1S/C46H59N7O4/c1-25(2)18-39(54)52-23-27(5)19-37(52)43-47-21-35(49-43)30-10-8-29(9-11-30)33-16-17-34(41-32-14-12-31(13-15-32)40(33)41)36-22-48-44(50-36)38-20-28(6)24-53(38)45(55)42(26(3)4)51-46(56)57-7/h8-11,16-17,21-22,25-28,31-32,37-38,42H,12-15,18-20,23-24H2,1-7H3,(H,47,49)(H,48,50)(H,51,56)/t27-,28-,31?,32?,37-,38-,42-/m0/s1. The van der Waals surface area contributed by atoms with Crippen LogP contribution >= 0.6 is 0 Å². The zero-order valence-electron chi connectivity index (χ0n) is 34.6. The van der Waals surface area contributed by atoms with Gasteiger partial charge in [-0.3, -0.25) is 9.59 Å². The van der Waals surface area contributed by atoms with Crippen molar-refractivity contribution in [3.63, 3.8) is 0 Å². The fraction of sp³-hybridized carbons (Fsp3) is 0.543. The highest BCUT2D eigenvalue weighted by molar-refractivity contribution is 5.86. The zero-order chi connectivity index (χ0) is 40.1. The molecule has 5 aliphatic rings. The Kier molecular flexibility index (Phi) is 10.8. The highest BCUT2D eigenvalue weighted by Gasteiger charge is 2.41. The van der Waals surface area contributed by atoms with Crippen LogP contribution in [-0.2, 0) is 14.3 Å². The number of carbonyl (C=O) groups is 3. The van der Waals surface area contributed by atoms with E-state index in [1.54, 1.807) is 0 Å². The van der Waals surface area contributed by atoms with Crippen molar-refractivity contribution in [3.05, 3.63) is 71.6 Å². The molecule has 4 aromatic rings. The molecule has 4 heterocycles. The molecule has 2 aromatic heterocycles. The van der Waals surface area contributed by atoms with Crippen LogP contribution in [0.4, 0.5) is 4.79 Å². The van der Waals surface area contributed by atoms with E-state index in [1.165, 1.54) is 60.6 Å². The van der Waals surface area contributed by atoms with Gasteiger partial charge in [-0.1, -0.05) is 77.9 Å². The van der Waals surface area contributed by atoms with Gasteiger partial charge < -0.3 is 29.8 Å². The third-order valence-electron chi connectivity index (χ3n) is 13.0. The van der Waals surface area contributed by atoms with Crippen molar-refractivity contribution < 1.29 is 19.1 Å². The molecule has 11 nitrogen and oxygen atoms in total. The number of H-pyrrole nitrogens is 2. The van der Waals surface area contributed by atoms with Crippen LogP contribution in [0.3, 0.4) is 0 Å². The second kappa shape index (κ2) is 15.8. The highest BCUT2D eigenvalue weighted by Crippen LogP contribution is 2.55. The highest BCUT2D eigenvalue weighted by atomic mass is 16.5. The maximum Gasteiger partial charge on any atom is 0.407 e. The molecule has 57 heavy (non-hydrogen) atoms. The van der Waals surface area contributed by atoms with Crippen LogP contribution < -0.4 is 5.32 Å². The predicted molar refractivity (Wildman–Crippen MR) is 221 cm³/mol. The summed E-state index contributed by atoms with van der Waals surface area (Å²) in [5.74, 6) is 3.76. The Morgan fingerprint density at radius 2 is 1.28 bits per heavy atom. The van der Waals surface area contributed by atoms with Gasteiger partial charge in [0.1, 0.15) is 17.7 Å². The number of likely N-dealkylation sites (tertiary alicyclic amines) is 2. The number of hydrogen-bond donors (Lipinski definition) is 3. The van der Waals surface area contributed by atoms with Crippen molar-refractivity contribution in [1.82, 2.24) is 35.1 Å². The first-order valence-corrected chi connectivity index (χ1v) is 21.2. The van der Waals surface area contributed by atoms with Crippen LogP contribution in [0, 0.1) is 23.7 Å². The number of aromatic nitrogens is 4. The Morgan fingerprint density at radius 3 is 1.88 bits per heavy atom. The first kappa shape index (κ1) is 38.9. The smallest absolute Gasteiger partial charge is 0.407 e. The van der Waals surface area contributed by atoms with Gasteiger partial charge in [0.25, 0.3) is 0 Å². The van der Waals surface area contributed by atoms with E-state index in [-0.39, 0.29) is 29.8 Å². The molecule has 3 fully saturated rings. The number of rotatable bonds is 10. The molecule has 1 saturated carbocycles. The molecular weight excluding hydrogens is 715 g/mol. The van der Waals surface area contributed by atoms with E-state index in [0.29, 0.717) is 42.6 Å². The number of nitrogens with zero attached hydrogens (tertiary/aromatic N) is 4. The van der Waals surface area contributed by atoms with Crippen LogP contribution in [0.15, 0.2) is 48.8 Å². The average molecular weight is 774 g/mol. The van der Waals surface area contributed by atoms with Gasteiger partial charge >= 0.3 is 6.09 Å². The summed E-state index contributed by atoms with van der Waals surface area (Å²) in [5.41, 5.74) is 9.69. The van der Waals surface area contributed by atoms with E-state index >= 15 is 0 Å². The van der Waals surface area contributed by atoms with E-state index in [4.69, 9.17) is 14.7 Å². The predicted octanol–water partition coefficient (Wildman–Crippen LogP) is 9.13. The molecule has 5 atom stereocenters. The lowest BCUT2D eigenvalue weighted by molar-refractivity contribution is -0.135. The van der Waals surface area contributed by atoms with Gasteiger partial charge in [-0.05, 0) is 102 Å². The molecule has 0 spiro atoms. The summed E-state index contributed by atoms with van der Waals surface area (Å²) in [6, 6.07) is 12.5. The van der Waals surface area contributed by atoms with Crippen LogP contribution in [0.5, 0.6) is 0 Å². The van der Waals surface area contributed by atoms with Crippen molar-refractivity contribution in [3.8, 4) is 33.6 Å². The van der Waals surface area contributed by atoms with Crippen LogP contribution in [0.1, 0.15) is 133 Å². The topological polar surface area (TPSA) is 136 Å². The summed E-state index contributed by atoms with van der Waals surface area (Å²) in [6.07, 6.45) is 10.4. The maximum atomic E-state index is 13.9.